The molecule has 0 aliphatic carbocycles. The van der Waals surface area contributed by atoms with Crippen LogP contribution in [0.2, 0.25) is 5.15 Å². The van der Waals surface area contributed by atoms with E-state index in [1.54, 1.807) is 12.1 Å². The number of thioether (sulfide) groups is 1. The van der Waals surface area contributed by atoms with E-state index in [1.165, 1.54) is 17.8 Å². The first-order chi connectivity index (χ1) is 19.0. The number of para-hydroxylation sites is 1. The van der Waals surface area contributed by atoms with Gasteiger partial charge in [-0.25, -0.2) is 14.4 Å². The lowest BCUT2D eigenvalue weighted by molar-refractivity contribution is 0.0383. The molecule has 0 unspecified atom stereocenters. The minimum absolute atomic E-state index is 0.0691. The molecule has 1 aromatic heterocycles. The average Bonchev–Trinajstić information content (AvgIpc) is 2.97. The summed E-state index contributed by atoms with van der Waals surface area (Å²) >= 11 is 7.84. The highest BCUT2D eigenvalue weighted by Gasteiger charge is 2.21. The maximum Gasteiger partial charge on any atom is 0.251 e. The Kier molecular flexibility index (Phi) is 9.52. The highest BCUT2D eigenvalue weighted by molar-refractivity contribution is 7.98. The van der Waals surface area contributed by atoms with Crippen molar-refractivity contribution < 1.29 is 13.9 Å². The standard InChI is InChI=1S/C28H32ClFN6O2S/c29-25-19-26(36-13-11-35(12-14-36)24-4-2-1-3-23(24)30)33-28(32-25)39-20-21-5-7-22(8-6-21)27(37)31-9-10-34-15-17-38-18-16-34/h1-8,19H,9-18,20H2,(H,31,37). The Morgan fingerprint density at radius 1 is 0.974 bits per heavy atom. The first kappa shape index (κ1) is 27.6. The van der Waals surface area contributed by atoms with Crippen molar-refractivity contribution in [1.29, 1.82) is 0 Å². The third-order valence-corrected chi connectivity index (χ3v) is 7.97. The van der Waals surface area contributed by atoms with Gasteiger partial charge in [0.2, 0.25) is 0 Å². The van der Waals surface area contributed by atoms with Gasteiger partial charge in [0, 0.05) is 69.7 Å². The van der Waals surface area contributed by atoms with E-state index < -0.39 is 0 Å². The molecule has 206 valence electrons. The second-order valence-electron chi connectivity index (χ2n) is 9.45. The van der Waals surface area contributed by atoms with Gasteiger partial charge in [-0.1, -0.05) is 47.6 Å². The van der Waals surface area contributed by atoms with Crippen molar-refractivity contribution in [3.8, 4) is 0 Å². The number of rotatable bonds is 9. The minimum atomic E-state index is -0.202. The Morgan fingerprint density at radius 2 is 1.69 bits per heavy atom. The van der Waals surface area contributed by atoms with E-state index in [-0.39, 0.29) is 11.7 Å². The minimum Gasteiger partial charge on any atom is -0.379 e. The first-order valence-electron chi connectivity index (χ1n) is 13.1. The molecule has 8 nitrogen and oxygen atoms in total. The molecule has 2 aliphatic heterocycles. The fourth-order valence-corrected chi connectivity index (χ4v) is 5.69. The monoisotopic (exact) mass is 570 g/mol. The van der Waals surface area contributed by atoms with E-state index in [0.29, 0.717) is 60.0 Å². The molecule has 0 atom stereocenters. The Hall–Kier alpha value is -2.92. The molecule has 11 heteroatoms. The molecular formula is C28H32ClFN6O2S. The summed E-state index contributed by atoms with van der Waals surface area (Å²) in [6.45, 7) is 7.57. The number of carbonyl (C=O) groups is 1. The fourth-order valence-electron chi connectivity index (χ4n) is 4.65. The van der Waals surface area contributed by atoms with Crippen LogP contribution in [-0.4, -0.2) is 86.3 Å². The molecule has 39 heavy (non-hydrogen) atoms. The second-order valence-corrected chi connectivity index (χ2v) is 10.8. The molecule has 1 N–H and O–H groups in total. The van der Waals surface area contributed by atoms with Crippen molar-refractivity contribution in [2.45, 2.75) is 10.9 Å². The highest BCUT2D eigenvalue weighted by atomic mass is 35.5. The Bertz CT molecular complexity index is 1250. The van der Waals surface area contributed by atoms with Gasteiger partial charge in [0.1, 0.15) is 16.8 Å². The first-order valence-corrected chi connectivity index (χ1v) is 14.5. The summed E-state index contributed by atoms with van der Waals surface area (Å²) in [5, 5.41) is 3.98. The van der Waals surface area contributed by atoms with Gasteiger partial charge >= 0.3 is 0 Å². The van der Waals surface area contributed by atoms with E-state index in [9.17, 15) is 9.18 Å². The molecule has 0 spiro atoms. The molecule has 0 bridgehead atoms. The lowest BCUT2D eigenvalue weighted by Gasteiger charge is -2.36. The number of aromatic nitrogens is 2. The van der Waals surface area contributed by atoms with Crippen molar-refractivity contribution in [3.05, 3.63) is 76.7 Å². The third-order valence-electron chi connectivity index (χ3n) is 6.86. The maximum atomic E-state index is 14.2. The van der Waals surface area contributed by atoms with Gasteiger partial charge in [-0.15, -0.1) is 0 Å². The lowest BCUT2D eigenvalue weighted by atomic mass is 10.1. The van der Waals surface area contributed by atoms with E-state index >= 15 is 0 Å². The number of hydrogen-bond donors (Lipinski definition) is 1. The average molecular weight is 571 g/mol. The van der Waals surface area contributed by atoms with Crippen LogP contribution in [0.4, 0.5) is 15.9 Å². The SMILES string of the molecule is O=C(NCCN1CCOCC1)c1ccc(CSc2nc(Cl)cc(N3CCN(c4ccccc4F)CC3)n2)cc1. The molecular weight excluding hydrogens is 539 g/mol. The van der Waals surface area contributed by atoms with Gasteiger partial charge in [0.05, 0.1) is 18.9 Å². The zero-order chi connectivity index (χ0) is 27.0. The molecule has 0 radical (unpaired) electrons. The van der Waals surface area contributed by atoms with Gasteiger partial charge in [-0.3, -0.25) is 9.69 Å². The molecule has 2 aliphatic rings. The van der Waals surface area contributed by atoms with Crippen LogP contribution in [0, 0.1) is 5.82 Å². The summed E-state index contributed by atoms with van der Waals surface area (Å²) in [5.74, 6) is 1.15. The third kappa shape index (κ3) is 7.60. The van der Waals surface area contributed by atoms with Crippen molar-refractivity contribution in [2.24, 2.45) is 0 Å². The number of ether oxygens (including phenoxy) is 1. The Balaban J connectivity index is 1.11. The summed E-state index contributed by atoms with van der Waals surface area (Å²) in [6.07, 6.45) is 0. The summed E-state index contributed by atoms with van der Waals surface area (Å²) in [4.78, 5) is 28.1. The van der Waals surface area contributed by atoms with Crippen LogP contribution in [-0.2, 0) is 10.5 Å². The van der Waals surface area contributed by atoms with Crippen molar-refractivity contribution in [1.82, 2.24) is 20.2 Å². The van der Waals surface area contributed by atoms with E-state index in [0.717, 1.165) is 44.2 Å². The Morgan fingerprint density at radius 3 is 2.44 bits per heavy atom. The van der Waals surface area contributed by atoms with Crippen LogP contribution in [0.3, 0.4) is 0 Å². The number of benzene rings is 2. The number of hydrogen-bond acceptors (Lipinski definition) is 8. The molecule has 3 aromatic rings. The zero-order valence-corrected chi connectivity index (χ0v) is 23.3. The van der Waals surface area contributed by atoms with Crippen molar-refractivity contribution >= 4 is 40.8 Å². The van der Waals surface area contributed by atoms with Crippen LogP contribution in [0.1, 0.15) is 15.9 Å². The number of nitrogens with zero attached hydrogens (tertiary/aromatic N) is 5. The molecule has 5 rings (SSSR count). The fraction of sp³-hybridized carbons (Fsp3) is 0.393. The van der Waals surface area contributed by atoms with Gasteiger partial charge in [0.25, 0.3) is 5.91 Å². The van der Waals surface area contributed by atoms with Crippen LogP contribution in [0.5, 0.6) is 0 Å². The number of nitrogens with one attached hydrogen (secondary N) is 1. The predicted octanol–water partition coefficient (Wildman–Crippen LogP) is 3.95. The Labute approximate surface area is 237 Å². The number of carbonyl (C=O) groups excluding carboxylic acids is 1. The molecule has 3 heterocycles. The second kappa shape index (κ2) is 13.4. The van der Waals surface area contributed by atoms with E-state index in [1.807, 2.05) is 36.4 Å². The molecule has 1 amide bonds. The largest absolute Gasteiger partial charge is 0.379 e. The summed E-state index contributed by atoms with van der Waals surface area (Å²) < 4.78 is 19.5. The number of piperazine rings is 1. The van der Waals surface area contributed by atoms with E-state index in [4.69, 9.17) is 21.3 Å². The van der Waals surface area contributed by atoms with Crippen LogP contribution >= 0.6 is 23.4 Å². The number of anilines is 2. The number of halogens is 2. The molecule has 2 saturated heterocycles. The lowest BCUT2D eigenvalue weighted by Crippen LogP contribution is -2.47. The van der Waals surface area contributed by atoms with Crippen molar-refractivity contribution in [3.63, 3.8) is 0 Å². The molecule has 2 aromatic carbocycles. The van der Waals surface area contributed by atoms with E-state index in [2.05, 4.69) is 25.0 Å². The smallest absolute Gasteiger partial charge is 0.251 e. The van der Waals surface area contributed by atoms with Crippen LogP contribution in [0.15, 0.2) is 59.8 Å². The number of morpholine rings is 1. The van der Waals surface area contributed by atoms with Gasteiger partial charge in [-0.05, 0) is 29.8 Å². The summed E-state index contributed by atoms with van der Waals surface area (Å²) in [7, 11) is 0. The van der Waals surface area contributed by atoms with Gasteiger partial charge in [0.15, 0.2) is 5.16 Å². The van der Waals surface area contributed by atoms with Gasteiger partial charge < -0.3 is 19.9 Å². The topological polar surface area (TPSA) is 73.8 Å². The summed E-state index contributed by atoms with van der Waals surface area (Å²) in [5.41, 5.74) is 2.33. The van der Waals surface area contributed by atoms with Crippen molar-refractivity contribution in [2.75, 3.05) is 75.4 Å². The van der Waals surface area contributed by atoms with Crippen LogP contribution < -0.4 is 15.1 Å². The van der Waals surface area contributed by atoms with Crippen LogP contribution in [0.25, 0.3) is 0 Å². The molecule has 2 fully saturated rings. The molecule has 0 saturated carbocycles. The summed E-state index contributed by atoms with van der Waals surface area (Å²) in [6, 6.07) is 16.2. The van der Waals surface area contributed by atoms with Gasteiger partial charge in [-0.2, -0.15) is 0 Å². The predicted molar refractivity (Wildman–Crippen MR) is 153 cm³/mol. The maximum absolute atomic E-state index is 14.2. The normalized spacial score (nSPS) is 16.4. The zero-order valence-electron chi connectivity index (χ0n) is 21.7. The number of amides is 1. The highest BCUT2D eigenvalue weighted by Crippen LogP contribution is 2.27. The quantitative estimate of drug-likeness (QED) is 0.236.